The molecule has 166 valence electrons. The van der Waals surface area contributed by atoms with Crippen LogP contribution in [0, 0.1) is 11.6 Å². The zero-order valence-electron chi connectivity index (χ0n) is 16.4. The SMILES string of the molecule is Fc1ccc(Cl)c(F)c1C1C(Nc2c(Cl)cccc2Cl)=NC(=S)N1c1ccc2nc[nH]c2c1. The predicted molar refractivity (Wildman–Crippen MR) is 133 cm³/mol. The van der Waals surface area contributed by atoms with Gasteiger partial charge in [0, 0.05) is 5.69 Å². The van der Waals surface area contributed by atoms with Gasteiger partial charge in [0.2, 0.25) is 5.11 Å². The molecule has 0 saturated carbocycles. The number of hydrogen-bond donors (Lipinski definition) is 2. The molecule has 5 rings (SSSR count). The summed E-state index contributed by atoms with van der Waals surface area (Å²) in [4.78, 5) is 13.1. The van der Waals surface area contributed by atoms with Crippen LogP contribution in [-0.4, -0.2) is 20.9 Å². The fourth-order valence-corrected chi connectivity index (χ4v) is 4.65. The van der Waals surface area contributed by atoms with Crippen molar-refractivity contribution in [1.82, 2.24) is 9.97 Å². The molecule has 0 saturated heterocycles. The van der Waals surface area contributed by atoms with Crippen LogP contribution in [0.5, 0.6) is 0 Å². The van der Waals surface area contributed by atoms with Gasteiger partial charge >= 0.3 is 0 Å². The van der Waals surface area contributed by atoms with E-state index < -0.39 is 17.7 Å². The van der Waals surface area contributed by atoms with Crippen LogP contribution in [0.25, 0.3) is 11.0 Å². The molecule has 1 aromatic heterocycles. The third-order valence-corrected chi connectivity index (χ3v) is 6.40. The van der Waals surface area contributed by atoms with Crippen molar-refractivity contribution in [2.45, 2.75) is 6.04 Å². The highest BCUT2D eigenvalue weighted by atomic mass is 35.5. The van der Waals surface area contributed by atoms with Crippen LogP contribution >= 0.6 is 47.0 Å². The molecule has 1 unspecified atom stereocenters. The van der Waals surface area contributed by atoms with Crippen LogP contribution in [0.15, 0.2) is 59.9 Å². The van der Waals surface area contributed by atoms with Crippen molar-refractivity contribution in [2.24, 2.45) is 4.99 Å². The molecular formula is C22H12Cl3F2N5S. The standard InChI is InChI=1S/C22H12Cl3F2N5S/c23-11-5-6-14(26)17(18(11)27)20-21(30-19-12(24)2-1-3-13(19)25)31-22(33)32(20)10-4-7-15-16(8-10)29-9-28-15/h1-9,20H,(H,28,29)(H,30,31,33). The average Bonchev–Trinajstić information content (AvgIpc) is 3.37. The number of aliphatic imine (C=N–C) groups is 1. The number of benzene rings is 3. The molecule has 11 heteroatoms. The maximum Gasteiger partial charge on any atom is 0.202 e. The first-order chi connectivity index (χ1) is 15.8. The first-order valence-corrected chi connectivity index (χ1v) is 11.1. The molecule has 33 heavy (non-hydrogen) atoms. The van der Waals surface area contributed by atoms with Crippen molar-refractivity contribution in [2.75, 3.05) is 10.2 Å². The normalized spacial score (nSPS) is 15.9. The number of amidine groups is 1. The summed E-state index contributed by atoms with van der Waals surface area (Å²) < 4.78 is 30.3. The minimum Gasteiger partial charge on any atom is -0.345 e. The second kappa shape index (κ2) is 8.53. The Morgan fingerprint density at radius 2 is 1.76 bits per heavy atom. The van der Waals surface area contributed by atoms with E-state index in [0.29, 0.717) is 21.4 Å². The zero-order chi connectivity index (χ0) is 23.3. The molecule has 4 aromatic rings. The quantitative estimate of drug-likeness (QED) is 0.221. The Morgan fingerprint density at radius 3 is 2.52 bits per heavy atom. The molecule has 0 radical (unpaired) electrons. The number of halogens is 5. The number of aromatic nitrogens is 2. The van der Waals surface area contributed by atoms with E-state index in [4.69, 9.17) is 47.0 Å². The third-order valence-electron chi connectivity index (χ3n) is 5.19. The summed E-state index contributed by atoms with van der Waals surface area (Å²) in [7, 11) is 0. The molecule has 1 aliphatic rings. The second-order valence-corrected chi connectivity index (χ2v) is 8.72. The first-order valence-electron chi connectivity index (χ1n) is 9.54. The fourth-order valence-electron chi connectivity index (χ4n) is 3.68. The zero-order valence-corrected chi connectivity index (χ0v) is 19.5. The van der Waals surface area contributed by atoms with Gasteiger partial charge in [-0.05, 0) is 54.7 Å². The van der Waals surface area contributed by atoms with Gasteiger partial charge in [-0.2, -0.15) is 0 Å². The maximum atomic E-state index is 15.2. The molecule has 2 heterocycles. The Morgan fingerprint density at radius 1 is 1.00 bits per heavy atom. The Balaban J connectivity index is 1.68. The molecule has 1 aliphatic heterocycles. The lowest BCUT2D eigenvalue weighted by Crippen LogP contribution is -2.34. The first kappa shape index (κ1) is 22.0. The van der Waals surface area contributed by atoms with E-state index in [1.807, 2.05) is 0 Å². The molecule has 0 bridgehead atoms. The Labute approximate surface area is 207 Å². The van der Waals surface area contributed by atoms with Crippen molar-refractivity contribution in [3.8, 4) is 0 Å². The van der Waals surface area contributed by atoms with Gasteiger partial charge in [-0.3, -0.25) is 0 Å². The van der Waals surface area contributed by atoms with Gasteiger partial charge in [-0.25, -0.2) is 18.8 Å². The van der Waals surface area contributed by atoms with E-state index in [0.717, 1.165) is 23.2 Å². The Kier molecular flexibility index (Phi) is 5.70. The monoisotopic (exact) mass is 521 g/mol. The van der Waals surface area contributed by atoms with Crippen LogP contribution in [-0.2, 0) is 0 Å². The lowest BCUT2D eigenvalue weighted by Gasteiger charge is -2.28. The lowest BCUT2D eigenvalue weighted by atomic mass is 10.0. The Hall–Kier alpha value is -2.78. The molecule has 0 aliphatic carbocycles. The number of fused-ring (bicyclic) bond motifs is 1. The maximum absolute atomic E-state index is 15.2. The van der Waals surface area contributed by atoms with E-state index in [9.17, 15) is 0 Å². The number of H-pyrrole nitrogens is 1. The number of anilines is 2. The van der Waals surface area contributed by atoms with E-state index in [1.54, 1.807) is 42.7 Å². The van der Waals surface area contributed by atoms with Crippen molar-refractivity contribution in [3.05, 3.63) is 87.1 Å². The molecule has 0 amide bonds. The van der Waals surface area contributed by atoms with Gasteiger partial charge in [-0.1, -0.05) is 40.9 Å². The van der Waals surface area contributed by atoms with Crippen LogP contribution < -0.4 is 10.2 Å². The lowest BCUT2D eigenvalue weighted by molar-refractivity contribution is 0.551. The minimum absolute atomic E-state index is 0.0864. The minimum atomic E-state index is -1.11. The van der Waals surface area contributed by atoms with Gasteiger partial charge < -0.3 is 15.2 Å². The van der Waals surface area contributed by atoms with Gasteiger partial charge in [0.25, 0.3) is 0 Å². The highest BCUT2D eigenvalue weighted by molar-refractivity contribution is 7.80. The fraction of sp³-hybridized carbons (Fsp3) is 0.0455. The van der Waals surface area contributed by atoms with Crippen LogP contribution in [0.1, 0.15) is 11.6 Å². The molecule has 0 fully saturated rings. The third kappa shape index (κ3) is 3.83. The summed E-state index contributed by atoms with van der Waals surface area (Å²) in [5.74, 6) is -1.59. The van der Waals surface area contributed by atoms with Gasteiger partial charge in [-0.15, -0.1) is 0 Å². The predicted octanol–water partition coefficient (Wildman–Crippen LogP) is 7.16. The summed E-state index contributed by atoms with van der Waals surface area (Å²) in [6, 6.07) is 11.3. The second-order valence-electron chi connectivity index (χ2n) is 7.13. The topological polar surface area (TPSA) is 56.3 Å². The number of nitrogens with one attached hydrogen (secondary N) is 2. The number of nitrogens with zero attached hydrogens (tertiary/aromatic N) is 3. The van der Waals surface area contributed by atoms with Crippen molar-refractivity contribution >= 4 is 80.4 Å². The molecule has 3 aromatic carbocycles. The number of imidazole rings is 1. The number of hydrogen-bond acceptors (Lipinski definition) is 3. The van der Waals surface area contributed by atoms with E-state index in [1.165, 1.54) is 4.90 Å². The Bertz CT molecular complexity index is 1440. The van der Waals surface area contributed by atoms with Gasteiger partial charge in [0.1, 0.15) is 23.5 Å². The summed E-state index contributed by atoms with van der Waals surface area (Å²) >= 11 is 24.1. The van der Waals surface area contributed by atoms with Crippen molar-refractivity contribution in [1.29, 1.82) is 0 Å². The van der Waals surface area contributed by atoms with Crippen LogP contribution in [0.4, 0.5) is 20.2 Å². The van der Waals surface area contributed by atoms with Gasteiger partial charge in [0.05, 0.1) is 43.7 Å². The van der Waals surface area contributed by atoms with Crippen LogP contribution in [0.2, 0.25) is 15.1 Å². The van der Waals surface area contributed by atoms with Crippen molar-refractivity contribution in [3.63, 3.8) is 0 Å². The number of aromatic amines is 1. The van der Waals surface area contributed by atoms with Crippen LogP contribution in [0.3, 0.4) is 0 Å². The summed E-state index contributed by atoms with van der Waals surface area (Å²) in [6.45, 7) is 0. The molecule has 0 spiro atoms. The highest BCUT2D eigenvalue weighted by Crippen LogP contribution is 2.40. The number of para-hydroxylation sites is 1. The molecular weight excluding hydrogens is 511 g/mol. The molecule has 2 N–H and O–H groups in total. The summed E-state index contributed by atoms with van der Waals surface area (Å²) in [5.41, 5.74) is 2.01. The number of thiocarbonyl (C=S) groups is 1. The smallest absolute Gasteiger partial charge is 0.202 e. The average molecular weight is 523 g/mol. The molecule has 1 atom stereocenters. The van der Waals surface area contributed by atoms with Gasteiger partial charge in [0.15, 0.2) is 0 Å². The largest absolute Gasteiger partial charge is 0.345 e. The van der Waals surface area contributed by atoms with Crippen molar-refractivity contribution < 1.29 is 8.78 Å². The van der Waals surface area contributed by atoms with E-state index in [-0.39, 0.29) is 21.5 Å². The highest BCUT2D eigenvalue weighted by Gasteiger charge is 2.39. The summed E-state index contributed by atoms with van der Waals surface area (Å²) in [5, 5.41) is 3.49. The van der Waals surface area contributed by atoms with E-state index in [2.05, 4.69) is 20.3 Å². The molecule has 5 nitrogen and oxygen atoms in total. The van der Waals surface area contributed by atoms with E-state index >= 15 is 8.78 Å². The number of rotatable bonds is 3. The summed E-state index contributed by atoms with van der Waals surface area (Å²) in [6.07, 6.45) is 1.55.